The number of aromatic nitrogens is 1. The Kier molecular flexibility index (Phi) is 8.15. The lowest BCUT2D eigenvalue weighted by Gasteiger charge is -2.29. The van der Waals surface area contributed by atoms with E-state index in [4.69, 9.17) is 4.84 Å². The maximum atomic E-state index is 13.6. The van der Waals surface area contributed by atoms with Crippen LogP contribution < -0.4 is 10.9 Å². The van der Waals surface area contributed by atoms with Crippen molar-refractivity contribution in [3.8, 4) is 0 Å². The molecule has 178 valence electrons. The molecular weight excluding hydrogens is 406 g/mol. The molecule has 1 fully saturated rings. The van der Waals surface area contributed by atoms with Crippen molar-refractivity contribution >= 4 is 11.8 Å². The van der Waals surface area contributed by atoms with Gasteiger partial charge in [0.15, 0.2) is 0 Å². The molecule has 1 heterocycles. The lowest BCUT2D eigenvalue weighted by molar-refractivity contribution is -0.174. The summed E-state index contributed by atoms with van der Waals surface area (Å²) >= 11 is 0. The van der Waals surface area contributed by atoms with Crippen LogP contribution in [0.2, 0.25) is 0 Å². The van der Waals surface area contributed by atoms with Crippen LogP contribution in [0.4, 0.5) is 0 Å². The lowest BCUT2D eigenvalue weighted by Crippen LogP contribution is -2.55. The average molecular weight is 446 g/mol. The predicted octanol–water partition coefficient (Wildman–Crippen LogP) is 3.62. The Labute approximate surface area is 191 Å². The molecule has 0 saturated heterocycles. The molecule has 1 saturated carbocycles. The number of fused-ring (bicyclic) bond motifs is 1. The van der Waals surface area contributed by atoms with E-state index in [0.29, 0.717) is 12.5 Å². The Morgan fingerprint density at radius 1 is 1.09 bits per heavy atom. The second kappa shape index (κ2) is 10.6. The van der Waals surface area contributed by atoms with E-state index in [-0.39, 0.29) is 17.0 Å². The van der Waals surface area contributed by atoms with E-state index in [0.717, 1.165) is 54.8 Å². The summed E-state index contributed by atoms with van der Waals surface area (Å²) in [6, 6.07) is 1.79. The number of nitrogens with zero attached hydrogens (tertiary/aromatic N) is 2. The van der Waals surface area contributed by atoms with Crippen molar-refractivity contribution < 1.29 is 14.4 Å². The topological polar surface area (TPSA) is 80.6 Å². The van der Waals surface area contributed by atoms with Crippen molar-refractivity contribution in [2.75, 3.05) is 14.2 Å². The molecule has 7 nitrogen and oxygen atoms in total. The van der Waals surface area contributed by atoms with E-state index in [2.05, 4.69) is 5.32 Å². The zero-order chi connectivity index (χ0) is 23.3. The fraction of sp³-hybridized carbons (Fsp3) is 0.720. The number of aryl methyl sites for hydroxylation is 1. The van der Waals surface area contributed by atoms with Gasteiger partial charge < -0.3 is 9.88 Å². The summed E-state index contributed by atoms with van der Waals surface area (Å²) in [6.07, 6.45) is 12.3. The fourth-order valence-corrected chi connectivity index (χ4v) is 5.10. The van der Waals surface area contributed by atoms with Gasteiger partial charge in [0, 0.05) is 19.3 Å². The van der Waals surface area contributed by atoms with Gasteiger partial charge in [-0.3, -0.25) is 19.2 Å². The van der Waals surface area contributed by atoms with Crippen molar-refractivity contribution in [1.82, 2.24) is 14.9 Å². The van der Waals surface area contributed by atoms with Crippen molar-refractivity contribution in [2.24, 2.45) is 5.92 Å². The SMILES string of the molecule is CON(C)C(=O)C(C)(C)NC(=O)c1cc2c(n(CC3CCCCC3)c1=O)CCCCCC2. The van der Waals surface area contributed by atoms with E-state index in [9.17, 15) is 14.4 Å². The van der Waals surface area contributed by atoms with Crippen LogP contribution in [0, 0.1) is 5.92 Å². The molecule has 0 aliphatic heterocycles. The van der Waals surface area contributed by atoms with Crippen LogP contribution in [0.15, 0.2) is 10.9 Å². The molecular formula is C25H39N3O4. The summed E-state index contributed by atoms with van der Waals surface area (Å²) in [6.45, 7) is 3.94. The molecule has 3 rings (SSSR count). The number of rotatable bonds is 6. The number of nitrogens with one attached hydrogen (secondary N) is 1. The minimum absolute atomic E-state index is 0.140. The Bertz CT molecular complexity index is 884. The third-order valence-corrected chi connectivity index (χ3v) is 7.03. The van der Waals surface area contributed by atoms with Gasteiger partial charge in [0.2, 0.25) is 0 Å². The second-order valence-electron chi connectivity index (χ2n) is 9.93. The quantitative estimate of drug-likeness (QED) is 0.678. The standard InChI is InChI=1S/C25H39N3O4/c1-25(2,24(31)27(3)32-4)26-22(29)20-16-19-14-10-5-6-11-15-21(19)28(23(20)30)17-18-12-8-7-9-13-18/h16,18H,5-15,17H2,1-4H3,(H,26,29). The van der Waals surface area contributed by atoms with E-state index in [1.165, 1.54) is 46.3 Å². The molecule has 2 aliphatic carbocycles. The molecule has 0 bridgehead atoms. The van der Waals surface area contributed by atoms with Crippen molar-refractivity contribution in [3.63, 3.8) is 0 Å². The van der Waals surface area contributed by atoms with Gasteiger partial charge in [-0.2, -0.15) is 0 Å². The number of hydrogen-bond donors (Lipinski definition) is 1. The summed E-state index contributed by atoms with van der Waals surface area (Å²) in [4.78, 5) is 44.4. The third kappa shape index (κ3) is 5.61. The average Bonchev–Trinajstić information content (AvgIpc) is 2.75. The molecule has 0 unspecified atom stereocenters. The summed E-state index contributed by atoms with van der Waals surface area (Å²) in [5, 5.41) is 3.86. The molecule has 7 heteroatoms. The van der Waals surface area contributed by atoms with Gasteiger partial charge in [-0.25, -0.2) is 5.06 Å². The lowest BCUT2D eigenvalue weighted by atomic mass is 9.88. The predicted molar refractivity (Wildman–Crippen MR) is 124 cm³/mol. The minimum atomic E-state index is -1.20. The first-order valence-corrected chi connectivity index (χ1v) is 12.1. The zero-order valence-corrected chi connectivity index (χ0v) is 20.2. The molecule has 0 aromatic carbocycles. The second-order valence-corrected chi connectivity index (χ2v) is 9.93. The molecule has 1 N–H and O–H groups in total. The molecule has 1 aromatic heterocycles. The highest BCUT2D eigenvalue weighted by Crippen LogP contribution is 2.27. The van der Waals surface area contributed by atoms with E-state index in [1.54, 1.807) is 19.9 Å². The Balaban J connectivity index is 1.97. The monoisotopic (exact) mass is 445 g/mol. The molecule has 2 amide bonds. The molecule has 1 aromatic rings. The van der Waals surface area contributed by atoms with Crippen molar-refractivity contribution in [3.05, 3.63) is 33.2 Å². The van der Waals surface area contributed by atoms with Crippen LogP contribution in [0.25, 0.3) is 0 Å². The largest absolute Gasteiger partial charge is 0.338 e. The van der Waals surface area contributed by atoms with Crippen molar-refractivity contribution in [2.45, 2.75) is 96.6 Å². The normalized spacial score (nSPS) is 17.8. The van der Waals surface area contributed by atoms with Gasteiger partial charge in [-0.1, -0.05) is 32.1 Å². The first kappa shape index (κ1) is 24.5. The van der Waals surface area contributed by atoms with Gasteiger partial charge in [0.05, 0.1) is 7.11 Å². The van der Waals surface area contributed by atoms with Gasteiger partial charge in [-0.05, 0) is 69.9 Å². The van der Waals surface area contributed by atoms with Crippen LogP contribution in [0.3, 0.4) is 0 Å². The Hall–Kier alpha value is -2.15. The van der Waals surface area contributed by atoms with Crippen LogP contribution in [-0.2, 0) is 29.0 Å². The molecule has 0 radical (unpaired) electrons. The number of carbonyl (C=O) groups is 2. The highest BCUT2D eigenvalue weighted by Gasteiger charge is 2.34. The van der Waals surface area contributed by atoms with E-state index in [1.807, 2.05) is 4.57 Å². The van der Waals surface area contributed by atoms with Crippen molar-refractivity contribution in [1.29, 1.82) is 0 Å². The maximum Gasteiger partial charge on any atom is 0.270 e. The van der Waals surface area contributed by atoms with Crippen LogP contribution >= 0.6 is 0 Å². The van der Waals surface area contributed by atoms with Gasteiger partial charge in [0.25, 0.3) is 17.4 Å². The van der Waals surface area contributed by atoms with E-state index < -0.39 is 11.4 Å². The summed E-state index contributed by atoms with van der Waals surface area (Å²) < 4.78 is 1.90. The number of pyridine rings is 1. The smallest absolute Gasteiger partial charge is 0.270 e. The highest BCUT2D eigenvalue weighted by atomic mass is 16.7. The zero-order valence-electron chi connectivity index (χ0n) is 20.2. The molecule has 2 aliphatic rings. The number of hydroxylamine groups is 2. The number of carbonyl (C=O) groups excluding carboxylic acids is 2. The summed E-state index contributed by atoms with van der Waals surface area (Å²) in [7, 11) is 2.90. The Morgan fingerprint density at radius 3 is 2.38 bits per heavy atom. The molecule has 0 atom stereocenters. The summed E-state index contributed by atoms with van der Waals surface area (Å²) in [5.74, 6) is -0.398. The first-order valence-electron chi connectivity index (χ1n) is 12.1. The molecule has 0 spiro atoms. The van der Waals surface area contributed by atoms with Crippen LogP contribution in [-0.4, -0.2) is 41.1 Å². The van der Waals surface area contributed by atoms with Gasteiger partial charge in [0.1, 0.15) is 11.1 Å². The maximum absolute atomic E-state index is 13.6. The van der Waals surface area contributed by atoms with Gasteiger partial charge in [-0.15, -0.1) is 0 Å². The summed E-state index contributed by atoms with van der Waals surface area (Å²) in [5.41, 5.74) is 0.943. The van der Waals surface area contributed by atoms with E-state index >= 15 is 0 Å². The van der Waals surface area contributed by atoms with Gasteiger partial charge >= 0.3 is 0 Å². The first-order chi connectivity index (χ1) is 15.2. The number of hydrogen-bond acceptors (Lipinski definition) is 4. The fourth-order valence-electron chi connectivity index (χ4n) is 5.10. The minimum Gasteiger partial charge on any atom is -0.338 e. The molecule has 32 heavy (non-hydrogen) atoms. The third-order valence-electron chi connectivity index (χ3n) is 7.03. The highest BCUT2D eigenvalue weighted by molar-refractivity contribution is 5.98. The van der Waals surface area contributed by atoms with Crippen LogP contribution in [0.5, 0.6) is 0 Å². The number of likely N-dealkylation sites (N-methyl/N-ethyl adjacent to an activating group) is 1. The Morgan fingerprint density at radius 2 is 1.72 bits per heavy atom. The van der Waals surface area contributed by atoms with Crippen LogP contribution in [0.1, 0.15) is 93.3 Å². The number of amides is 2.